The minimum Gasteiger partial charge on any atom is -0.376 e. The molecule has 0 spiro atoms. The molecular formula is C23H30N4OS2. The van der Waals surface area contributed by atoms with Gasteiger partial charge in [0.1, 0.15) is 5.82 Å². The highest BCUT2D eigenvalue weighted by Crippen LogP contribution is 2.26. The maximum Gasteiger partial charge on any atom is 0.191 e. The summed E-state index contributed by atoms with van der Waals surface area (Å²) in [7, 11) is 2.15. The molecule has 5 nitrogen and oxygen atoms in total. The van der Waals surface area contributed by atoms with Crippen molar-refractivity contribution in [3.63, 3.8) is 0 Å². The molecule has 1 atom stereocenters. The monoisotopic (exact) mass is 442 g/mol. The molecule has 0 aliphatic carbocycles. The number of aryl methyl sites for hydroxylation is 2. The van der Waals surface area contributed by atoms with E-state index in [0.717, 1.165) is 55.8 Å². The van der Waals surface area contributed by atoms with E-state index in [4.69, 9.17) is 4.74 Å². The molecule has 1 saturated heterocycles. The molecular weight excluding hydrogens is 412 g/mol. The van der Waals surface area contributed by atoms with E-state index in [1.54, 1.807) is 11.8 Å². The summed E-state index contributed by atoms with van der Waals surface area (Å²) in [6.07, 6.45) is 2.53. The molecule has 2 aromatic heterocycles. The number of hydrogen-bond acceptors (Lipinski definition) is 6. The maximum absolute atomic E-state index is 5.92. The predicted molar refractivity (Wildman–Crippen MR) is 124 cm³/mol. The molecule has 1 aliphatic heterocycles. The largest absolute Gasteiger partial charge is 0.376 e. The Balaban J connectivity index is 1.48. The van der Waals surface area contributed by atoms with Crippen LogP contribution in [0.3, 0.4) is 0 Å². The Bertz CT molecular complexity index is 962. The van der Waals surface area contributed by atoms with Gasteiger partial charge in [-0.25, -0.2) is 0 Å². The van der Waals surface area contributed by atoms with Crippen LogP contribution in [-0.2, 0) is 30.1 Å². The van der Waals surface area contributed by atoms with Gasteiger partial charge in [0.2, 0.25) is 0 Å². The zero-order chi connectivity index (χ0) is 20.9. The van der Waals surface area contributed by atoms with E-state index in [2.05, 4.69) is 77.0 Å². The summed E-state index contributed by atoms with van der Waals surface area (Å²) in [5, 5.41) is 10.1. The number of hydrogen-bond donors (Lipinski definition) is 0. The van der Waals surface area contributed by atoms with Crippen molar-refractivity contribution in [1.82, 2.24) is 19.7 Å². The fraction of sp³-hybridized carbons (Fsp3) is 0.478. The third kappa shape index (κ3) is 5.52. The van der Waals surface area contributed by atoms with E-state index in [9.17, 15) is 0 Å². The van der Waals surface area contributed by atoms with Crippen molar-refractivity contribution in [3.8, 4) is 0 Å². The van der Waals surface area contributed by atoms with Gasteiger partial charge in [0.05, 0.1) is 19.2 Å². The van der Waals surface area contributed by atoms with Crippen molar-refractivity contribution in [2.75, 3.05) is 13.7 Å². The molecule has 0 bridgehead atoms. The molecule has 1 aliphatic rings. The number of thiophene rings is 1. The number of thioether (sulfide) groups is 1. The van der Waals surface area contributed by atoms with Gasteiger partial charge in [-0.1, -0.05) is 36.0 Å². The Hall–Kier alpha value is -1.67. The van der Waals surface area contributed by atoms with E-state index >= 15 is 0 Å². The molecule has 4 rings (SSSR count). The Labute approximate surface area is 187 Å². The summed E-state index contributed by atoms with van der Waals surface area (Å²) in [6, 6.07) is 13.0. The van der Waals surface area contributed by atoms with Gasteiger partial charge in [-0.15, -0.1) is 21.5 Å². The number of ether oxygens (including phenoxy) is 1. The first-order chi connectivity index (χ1) is 14.6. The second-order valence-electron chi connectivity index (χ2n) is 8.04. The average Bonchev–Trinajstić information content (AvgIpc) is 3.46. The SMILES string of the molecule is Cc1ccc(CN(C)Cc2nnc(SCc3ccccc3C)n2C[C@@H]2CCCO2)s1. The third-order valence-corrected chi connectivity index (χ3v) is 7.46. The quantitative estimate of drug-likeness (QED) is 0.433. The molecule has 0 unspecified atom stereocenters. The summed E-state index contributed by atoms with van der Waals surface area (Å²) in [5.41, 5.74) is 2.67. The number of aromatic nitrogens is 3. The van der Waals surface area contributed by atoms with Crippen LogP contribution in [-0.4, -0.2) is 39.4 Å². The zero-order valence-corrected chi connectivity index (χ0v) is 19.6. The normalized spacial score (nSPS) is 16.6. The maximum atomic E-state index is 5.92. The molecule has 0 N–H and O–H groups in total. The first kappa shape index (κ1) is 21.6. The van der Waals surface area contributed by atoms with Crippen molar-refractivity contribution < 1.29 is 4.74 Å². The fourth-order valence-electron chi connectivity index (χ4n) is 3.77. The van der Waals surface area contributed by atoms with Crippen LogP contribution in [0.2, 0.25) is 0 Å². The summed E-state index contributed by atoms with van der Waals surface area (Å²) < 4.78 is 8.21. The van der Waals surface area contributed by atoms with Crippen molar-refractivity contribution in [2.45, 2.75) is 63.3 Å². The predicted octanol–water partition coefficient (Wildman–Crippen LogP) is 5.06. The Morgan fingerprint density at radius 2 is 2.03 bits per heavy atom. The molecule has 1 aromatic carbocycles. The molecule has 0 amide bonds. The molecule has 0 saturated carbocycles. The summed E-state index contributed by atoms with van der Waals surface area (Å²) in [5.74, 6) is 1.93. The molecule has 0 radical (unpaired) electrons. The lowest BCUT2D eigenvalue weighted by atomic mass is 10.1. The van der Waals surface area contributed by atoms with Gasteiger partial charge in [0, 0.05) is 28.7 Å². The Morgan fingerprint density at radius 3 is 2.77 bits per heavy atom. The minimum absolute atomic E-state index is 0.266. The average molecular weight is 443 g/mol. The molecule has 160 valence electrons. The number of rotatable bonds is 9. The van der Waals surface area contributed by atoms with Gasteiger partial charge >= 0.3 is 0 Å². The van der Waals surface area contributed by atoms with Crippen LogP contribution in [0.15, 0.2) is 41.6 Å². The lowest BCUT2D eigenvalue weighted by Crippen LogP contribution is -2.23. The Kier molecular flexibility index (Phi) is 7.25. The topological polar surface area (TPSA) is 43.2 Å². The van der Waals surface area contributed by atoms with Gasteiger partial charge in [-0.3, -0.25) is 4.90 Å². The van der Waals surface area contributed by atoms with Crippen molar-refractivity contribution in [1.29, 1.82) is 0 Å². The van der Waals surface area contributed by atoms with E-state index < -0.39 is 0 Å². The second-order valence-corrected chi connectivity index (χ2v) is 10.4. The fourth-order valence-corrected chi connectivity index (χ4v) is 5.78. The molecule has 1 fully saturated rings. The highest BCUT2D eigenvalue weighted by Gasteiger charge is 2.22. The number of benzene rings is 1. The standard InChI is InChI=1S/C23H30N4OS2/c1-17-7-4-5-8-19(17)16-29-23-25-24-22(27(23)13-20-9-6-12-28-20)15-26(3)14-21-11-10-18(2)30-21/h4-5,7-8,10-11,20H,6,9,12-16H2,1-3H3/t20-/m0/s1. The lowest BCUT2D eigenvalue weighted by Gasteiger charge is -2.18. The minimum atomic E-state index is 0.266. The van der Waals surface area contributed by atoms with Crippen LogP contribution >= 0.6 is 23.1 Å². The van der Waals surface area contributed by atoms with Gasteiger partial charge in [-0.2, -0.15) is 0 Å². The summed E-state index contributed by atoms with van der Waals surface area (Å²) >= 11 is 3.63. The van der Waals surface area contributed by atoms with E-state index in [-0.39, 0.29) is 6.10 Å². The smallest absolute Gasteiger partial charge is 0.191 e. The van der Waals surface area contributed by atoms with Crippen LogP contribution < -0.4 is 0 Å². The number of nitrogens with zero attached hydrogens (tertiary/aromatic N) is 4. The zero-order valence-electron chi connectivity index (χ0n) is 18.0. The molecule has 7 heteroatoms. The van der Waals surface area contributed by atoms with Crippen molar-refractivity contribution in [2.24, 2.45) is 0 Å². The van der Waals surface area contributed by atoms with Crippen LogP contribution in [0.4, 0.5) is 0 Å². The van der Waals surface area contributed by atoms with Crippen molar-refractivity contribution in [3.05, 3.63) is 63.1 Å². The van der Waals surface area contributed by atoms with Gasteiger partial charge in [0.15, 0.2) is 5.16 Å². The van der Waals surface area contributed by atoms with Crippen LogP contribution in [0.1, 0.15) is 39.5 Å². The van der Waals surface area contributed by atoms with E-state index in [1.165, 1.54) is 20.9 Å². The van der Waals surface area contributed by atoms with Crippen LogP contribution in [0, 0.1) is 13.8 Å². The van der Waals surface area contributed by atoms with E-state index in [0.29, 0.717) is 0 Å². The highest BCUT2D eigenvalue weighted by atomic mass is 32.2. The summed E-state index contributed by atoms with van der Waals surface area (Å²) in [4.78, 5) is 5.06. The lowest BCUT2D eigenvalue weighted by molar-refractivity contribution is 0.0934. The van der Waals surface area contributed by atoms with Gasteiger partial charge in [-0.05, 0) is 57.0 Å². The van der Waals surface area contributed by atoms with Gasteiger partial charge < -0.3 is 9.30 Å². The van der Waals surface area contributed by atoms with Crippen molar-refractivity contribution >= 4 is 23.1 Å². The first-order valence-corrected chi connectivity index (χ1v) is 12.3. The van der Waals surface area contributed by atoms with Crippen LogP contribution in [0.25, 0.3) is 0 Å². The second kappa shape index (κ2) is 10.1. The molecule has 3 aromatic rings. The van der Waals surface area contributed by atoms with Crippen LogP contribution in [0.5, 0.6) is 0 Å². The first-order valence-electron chi connectivity index (χ1n) is 10.5. The summed E-state index contributed by atoms with van der Waals surface area (Å²) in [6.45, 7) is 7.73. The van der Waals surface area contributed by atoms with E-state index in [1.807, 2.05) is 11.3 Å². The molecule has 30 heavy (non-hydrogen) atoms. The molecule has 3 heterocycles. The Morgan fingerprint density at radius 1 is 1.17 bits per heavy atom. The highest BCUT2D eigenvalue weighted by molar-refractivity contribution is 7.98. The third-order valence-electron chi connectivity index (χ3n) is 5.45. The van der Waals surface area contributed by atoms with Gasteiger partial charge in [0.25, 0.3) is 0 Å².